The van der Waals surface area contributed by atoms with E-state index in [2.05, 4.69) is 5.32 Å². The van der Waals surface area contributed by atoms with Crippen molar-refractivity contribution in [3.8, 4) is 23.0 Å². The van der Waals surface area contributed by atoms with Gasteiger partial charge in [-0.05, 0) is 121 Å². The number of hydrogen-bond donors (Lipinski definition) is 1. The van der Waals surface area contributed by atoms with E-state index >= 15 is 0 Å². The molecule has 2 aromatic carbocycles. The molecule has 2 aliphatic rings. The Kier molecular flexibility index (Phi) is 25.6. The summed E-state index contributed by atoms with van der Waals surface area (Å²) in [5.74, 6) is 1.77. The Labute approximate surface area is 411 Å². The first kappa shape index (κ1) is 58.7. The smallest absolute Gasteiger partial charge is 0.410 e. The summed E-state index contributed by atoms with van der Waals surface area (Å²) in [6, 6.07) is 6.69. The van der Waals surface area contributed by atoms with Crippen molar-refractivity contribution in [2.24, 2.45) is 0 Å². The van der Waals surface area contributed by atoms with Crippen molar-refractivity contribution in [1.82, 2.24) is 20.0 Å². The van der Waals surface area contributed by atoms with E-state index in [9.17, 15) is 14.4 Å². The summed E-state index contributed by atoms with van der Waals surface area (Å²) >= 11 is 13.1. The number of likely N-dealkylation sites (tertiary alicyclic amines) is 1. The fourth-order valence-electron chi connectivity index (χ4n) is 7.75. The van der Waals surface area contributed by atoms with Gasteiger partial charge < -0.3 is 53.2 Å². The molecule has 0 saturated carbocycles. The van der Waals surface area contributed by atoms with Crippen LogP contribution in [0.15, 0.2) is 24.3 Å². The van der Waals surface area contributed by atoms with Crippen LogP contribution >= 0.6 is 35.6 Å². The first-order chi connectivity index (χ1) is 30.7. The van der Waals surface area contributed by atoms with Crippen LogP contribution in [0, 0.1) is 0 Å². The molecule has 0 spiro atoms. The summed E-state index contributed by atoms with van der Waals surface area (Å²) in [5, 5.41) is 4.07. The molecule has 4 rings (SSSR count). The average Bonchev–Trinajstić information content (AvgIpc) is 3.22. The Morgan fingerprint density at radius 2 is 1.15 bits per heavy atom. The molecular formula is C49H79Cl3N4O10. The number of benzene rings is 2. The number of ether oxygens (including phenoxy) is 7. The van der Waals surface area contributed by atoms with Gasteiger partial charge >= 0.3 is 6.09 Å². The zero-order valence-corrected chi connectivity index (χ0v) is 44.1. The Hall–Kier alpha value is -3.40. The highest BCUT2D eigenvalue weighted by Crippen LogP contribution is 2.37. The molecule has 17 heteroatoms. The minimum Gasteiger partial charge on any atom is -0.490 e. The van der Waals surface area contributed by atoms with Crippen molar-refractivity contribution in [2.45, 2.75) is 157 Å². The molecule has 2 heterocycles. The van der Waals surface area contributed by atoms with Gasteiger partial charge in [-0.2, -0.15) is 0 Å². The van der Waals surface area contributed by atoms with Gasteiger partial charge in [-0.15, -0.1) is 12.4 Å². The van der Waals surface area contributed by atoms with Crippen LogP contribution in [-0.2, 0) is 14.2 Å². The fraction of sp³-hybridized carbons (Fsp3) is 0.694. The molecule has 14 nitrogen and oxygen atoms in total. The number of nitrogens with one attached hydrogen (secondary N) is 1. The fourth-order valence-corrected chi connectivity index (χ4v) is 8.22. The van der Waals surface area contributed by atoms with Crippen LogP contribution in [0.2, 0.25) is 10.0 Å². The minimum atomic E-state index is -0.579. The highest BCUT2D eigenvalue weighted by atomic mass is 35.5. The number of carbonyl (C=O) groups is 3. The summed E-state index contributed by atoms with van der Waals surface area (Å²) in [5.41, 5.74) is 0.214. The molecule has 2 aliphatic heterocycles. The molecule has 66 heavy (non-hydrogen) atoms. The molecule has 2 saturated heterocycles. The molecule has 2 fully saturated rings. The van der Waals surface area contributed by atoms with E-state index in [1.54, 1.807) is 43.4 Å². The van der Waals surface area contributed by atoms with Crippen LogP contribution in [0.1, 0.15) is 135 Å². The first-order valence-electron chi connectivity index (χ1n) is 23.3. The van der Waals surface area contributed by atoms with Crippen LogP contribution in [0.3, 0.4) is 0 Å². The maximum atomic E-state index is 13.9. The third-order valence-electron chi connectivity index (χ3n) is 10.4. The van der Waals surface area contributed by atoms with Crippen molar-refractivity contribution >= 4 is 53.5 Å². The van der Waals surface area contributed by atoms with Gasteiger partial charge in [-0.3, -0.25) is 9.59 Å². The first-order valence-corrected chi connectivity index (χ1v) is 24.0. The Balaban J connectivity index is 0.000000457. The minimum absolute atomic E-state index is 0. The van der Waals surface area contributed by atoms with Crippen molar-refractivity contribution in [3.05, 3.63) is 45.4 Å². The molecule has 0 aliphatic carbocycles. The Morgan fingerprint density at radius 3 is 1.55 bits per heavy atom. The number of rotatable bonds is 20. The lowest BCUT2D eigenvalue weighted by Crippen LogP contribution is -2.54. The predicted octanol–water partition coefficient (Wildman–Crippen LogP) is 10.4. The van der Waals surface area contributed by atoms with Crippen LogP contribution in [0.25, 0.3) is 0 Å². The number of halogens is 3. The third-order valence-corrected chi connectivity index (χ3v) is 11.1. The maximum absolute atomic E-state index is 13.9. The lowest BCUT2D eigenvalue weighted by molar-refractivity contribution is 0.00751. The highest BCUT2D eigenvalue weighted by molar-refractivity contribution is 6.34. The lowest BCUT2D eigenvalue weighted by atomic mass is 10.0. The van der Waals surface area contributed by atoms with Crippen LogP contribution < -0.4 is 24.3 Å². The van der Waals surface area contributed by atoms with E-state index in [-0.39, 0.29) is 66.7 Å². The van der Waals surface area contributed by atoms with Gasteiger partial charge in [-0.1, -0.05) is 23.2 Å². The molecule has 0 bridgehead atoms. The van der Waals surface area contributed by atoms with Gasteiger partial charge in [0.05, 0.1) is 52.6 Å². The maximum Gasteiger partial charge on any atom is 0.410 e. The van der Waals surface area contributed by atoms with Gasteiger partial charge in [0.2, 0.25) is 0 Å². The van der Waals surface area contributed by atoms with Crippen LogP contribution in [-0.4, -0.2) is 141 Å². The van der Waals surface area contributed by atoms with E-state index in [1.165, 1.54) is 0 Å². The summed E-state index contributed by atoms with van der Waals surface area (Å²) in [7, 11) is 3.30. The summed E-state index contributed by atoms with van der Waals surface area (Å²) in [6.45, 7) is 26.2. The number of methoxy groups -OCH3 is 2. The number of nitrogens with zero attached hydrogens (tertiary/aromatic N) is 3. The Morgan fingerprint density at radius 1 is 0.697 bits per heavy atom. The van der Waals surface area contributed by atoms with Gasteiger partial charge in [0.15, 0.2) is 23.0 Å². The van der Waals surface area contributed by atoms with Crippen molar-refractivity contribution in [3.63, 3.8) is 0 Å². The standard InChI is InChI=1S/C27H43ClN2O6.C22H35ClN2O4.ClH/c1-18(2)30(20-11-9-12-29(17-20)26(32)36-27(5,6)7)25(31)21-15-23(34-14-10-13-33-8)24(16-22(21)28)35-19(3)4;1-15(2)25(17-8-6-9-24-14-17)22(26)18-12-20(28-11-7-10-27-5)21(13-19(18)23)29-16(3)4;/h15-16,18-20H,9-14,17H2,1-8H3;12-13,15-17,24H,6-11,14H2,1-5H3;1H/t20-;17-;/m11./s1. The molecule has 3 amide bonds. The largest absolute Gasteiger partial charge is 0.490 e. The van der Waals surface area contributed by atoms with Crippen molar-refractivity contribution < 1.29 is 47.5 Å². The van der Waals surface area contributed by atoms with Gasteiger partial charge in [-0.25, -0.2) is 4.79 Å². The molecule has 2 atom stereocenters. The zero-order valence-electron chi connectivity index (χ0n) is 41.8. The van der Waals surface area contributed by atoms with E-state index in [0.717, 1.165) is 45.2 Å². The summed E-state index contributed by atoms with van der Waals surface area (Å²) in [4.78, 5) is 45.5. The molecule has 2 aromatic rings. The van der Waals surface area contributed by atoms with E-state index < -0.39 is 5.60 Å². The predicted molar refractivity (Wildman–Crippen MR) is 265 cm³/mol. The quantitative estimate of drug-likeness (QED) is 0.127. The molecule has 0 unspecified atom stereocenters. The zero-order chi connectivity index (χ0) is 48.4. The van der Waals surface area contributed by atoms with Crippen molar-refractivity contribution in [1.29, 1.82) is 0 Å². The number of carbonyl (C=O) groups excluding carboxylic acids is 3. The van der Waals surface area contributed by atoms with Crippen LogP contribution in [0.5, 0.6) is 23.0 Å². The van der Waals surface area contributed by atoms with E-state index in [0.29, 0.717) is 90.1 Å². The summed E-state index contributed by atoms with van der Waals surface area (Å²) in [6.07, 6.45) is 4.58. The second kappa shape index (κ2) is 28.8. The molecule has 1 N–H and O–H groups in total. The molecule has 0 aromatic heterocycles. The van der Waals surface area contributed by atoms with Gasteiger partial charge in [0.25, 0.3) is 11.8 Å². The third kappa shape index (κ3) is 18.6. The topological polar surface area (TPSA) is 138 Å². The number of hydrogen-bond acceptors (Lipinski definition) is 11. The molecule has 0 radical (unpaired) electrons. The average molecular weight is 991 g/mol. The monoisotopic (exact) mass is 988 g/mol. The SMILES string of the molecule is COCCCOc1cc(C(=O)N(C(C)C)[C@@H]2CCCN(C(=O)OC(C)(C)C)C2)c(Cl)cc1OC(C)C.COCCCOc1cc(C(=O)N(C(C)C)[C@@H]2CCCNC2)c(Cl)cc1OC(C)C.Cl. The second-order valence-electron chi connectivity index (χ2n) is 18.6. The number of piperidine rings is 2. The normalized spacial score (nSPS) is 16.3. The van der Waals surface area contributed by atoms with Crippen LogP contribution in [0.4, 0.5) is 4.79 Å². The van der Waals surface area contributed by atoms with E-state index in [1.807, 2.05) is 86.0 Å². The summed E-state index contributed by atoms with van der Waals surface area (Å²) < 4.78 is 39.4. The van der Waals surface area contributed by atoms with Crippen molar-refractivity contribution in [2.75, 3.05) is 66.8 Å². The highest BCUT2D eigenvalue weighted by Gasteiger charge is 2.36. The molecular weight excluding hydrogens is 911 g/mol. The number of amides is 3. The van der Waals surface area contributed by atoms with Gasteiger partial charge in [0, 0.05) is 90.2 Å². The Bertz CT molecular complexity index is 1800. The molecule has 376 valence electrons. The van der Waals surface area contributed by atoms with E-state index in [4.69, 9.17) is 56.4 Å². The second-order valence-corrected chi connectivity index (χ2v) is 19.4. The van der Waals surface area contributed by atoms with Gasteiger partial charge in [0.1, 0.15) is 5.60 Å². The lowest BCUT2D eigenvalue weighted by Gasteiger charge is -2.41.